The average molecular weight is 247 g/mol. The highest BCUT2D eigenvalue weighted by molar-refractivity contribution is 5.83. The molecule has 2 aromatic carbocycles. The van der Waals surface area contributed by atoms with Gasteiger partial charge in [-0.15, -0.1) is 0 Å². The first-order chi connectivity index (χ1) is 9.34. The van der Waals surface area contributed by atoms with Crippen molar-refractivity contribution in [1.29, 1.82) is 0 Å². The third-order valence-corrected chi connectivity index (χ3v) is 3.92. The minimum Gasteiger partial charge on any atom is -0.340 e. The largest absolute Gasteiger partial charge is 0.340 e. The summed E-state index contributed by atoms with van der Waals surface area (Å²) < 4.78 is 2.26. The van der Waals surface area contributed by atoms with E-state index in [1.54, 1.807) is 6.07 Å². The predicted octanol–water partition coefficient (Wildman–Crippen LogP) is 3.22. The van der Waals surface area contributed by atoms with Crippen LogP contribution in [-0.2, 0) is 13.0 Å². The Morgan fingerprint density at radius 1 is 0.947 bits per heavy atom. The van der Waals surface area contributed by atoms with Gasteiger partial charge < -0.3 is 4.57 Å². The van der Waals surface area contributed by atoms with E-state index in [4.69, 9.17) is 0 Å². The number of hydrogen-bond donors (Lipinski definition) is 0. The number of rotatable bonds is 0. The van der Waals surface area contributed by atoms with Crippen molar-refractivity contribution < 1.29 is 0 Å². The first-order valence-corrected chi connectivity index (χ1v) is 6.55. The van der Waals surface area contributed by atoms with Gasteiger partial charge in [-0.05, 0) is 24.1 Å². The van der Waals surface area contributed by atoms with Gasteiger partial charge in [-0.3, -0.25) is 4.79 Å². The van der Waals surface area contributed by atoms with Gasteiger partial charge in [0, 0.05) is 23.6 Å². The van der Waals surface area contributed by atoms with Gasteiger partial charge in [0.05, 0.1) is 11.2 Å². The average Bonchev–Trinajstić information content (AvgIpc) is 2.47. The van der Waals surface area contributed by atoms with Crippen LogP contribution in [0.2, 0.25) is 0 Å². The standard InChI is InChI=1S/C17H13NO/c19-17-11-16-13-6-2-1-5-12(13)9-10-18(16)15-8-4-3-7-14(15)17/h1-8,11H,9-10H2. The summed E-state index contributed by atoms with van der Waals surface area (Å²) in [6.07, 6.45) is 1.02. The maximum absolute atomic E-state index is 12.2. The lowest BCUT2D eigenvalue weighted by molar-refractivity contribution is 0.703. The molecule has 0 saturated carbocycles. The van der Waals surface area contributed by atoms with E-state index in [0.717, 1.165) is 29.6 Å². The molecule has 0 saturated heterocycles. The van der Waals surface area contributed by atoms with Gasteiger partial charge in [0.2, 0.25) is 0 Å². The summed E-state index contributed by atoms with van der Waals surface area (Å²) in [4.78, 5) is 12.2. The zero-order valence-electron chi connectivity index (χ0n) is 10.5. The quantitative estimate of drug-likeness (QED) is 0.598. The van der Waals surface area contributed by atoms with Crippen LogP contribution in [0.5, 0.6) is 0 Å². The van der Waals surface area contributed by atoms with Crippen LogP contribution in [0.1, 0.15) is 5.56 Å². The highest BCUT2D eigenvalue weighted by Crippen LogP contribution is 2.30. The van der Waals surface area contributed by atoms with Crippen molar-refractivity contribution in [2.45, 2.75) is 13.0 Å². The lowest BCUT2D eigenvalue weighted by Gasteiger charge is -2.23. The summed E-state index contributed by atoms with van der Waals surface area (Å²) in [7, 11) is 0. The highest BCUT2D eigenvalue weighted by Gasteiger charge is 2.17. The van der Waals surface area contributed by atoms with Crippen molar-refractivity contribution in [3.63, 3.8) is 0 Å². The van der Waals surface area contributed by atoms with Crippen molar-refractivity contribution in [2.24, 2.45) is 0 Å². The molecule has 0 spiro atoms. The fourth-order valence-electron chi connectivity index (χ4n) is 3.01. The van der Waals surface area contributed by atoms with Crippen LogP contribution in [0.25, 0.3) is 22.2 Å². The smallest absolute Gasteiger partial charge is 0.190 e. The van der Waals surface area contributed by atoms with E-state index < -0.39 is 0 Å². The first-order valence-electron chi connectivity index (χ1n) is 6.55. The number of aryl methyl sites for hydroxylation is 2. The molecule has 2 heteroatoms. The molecule has 92 valence electrons. The van der Waals surface area contributed by atoms with E-state index in [-0.39, 0.29) is 5.43 Å². The molecule has 0 bridgehead atoms. The van der Waals surface area contributed by atoms with Crippen LogP contribution in [0.15, 0.2) is 59.4 Å². The zero-order valence-corrected chi connectivity index (χ0v) is 10.5. The second-order valence-corrected chi connectivity index (χ2v) is 4.97. The fourth-order valence-corrected chi connectivity index (χ4v) is 3.01. The van der Waals surface area contributed by atoms with Crippen molar-refractivity contribution >= 4 is 10.9 Å². The normalized spacial score (nSPS) is 13.1. The molecule has 0 radical (unpaired) electrons. The minimum absolute atomic E-state index is 0.110. The molecule has 2 heterocycles. The molecular weight excluding hydrogens is 234 g/mol. The molecule has 0 fully saturated rings. The summed E-state index contributed by atoms with van der Waals surface area (Å²) in [5.74, 6) is 0. The molecule has 2 nitrogen and oxygen atoms in total. The van der Waals surface area contributed by atoms with Gasteiger partial charge in [-0.2, -0.15) is 0 Å². The van der Waals surface area contributed by atoms with Crippen LogP contribution < -0.4 is 5.43 Å². The molecule has 1 aliphatic rings. The Labute approximate surface area is 110 Å². The van der Waals surface area contributed by atoms with Crippen molar-refractivity contribution in [3.05, 3.63) is 70.4 Å². The van der Waals surface area contributed by atoms with Crippen LogP contribution >= 0.6 is 0 Å². The fraction of sp³-hybridized carbons (Fsp3) is 0.118. The number of para-hydroxylation sites is 1. The van der Waals surface area contributed by atoms with E-state index in [1.165, 1.54) is 11.1 Å². The predicted molar refractivity (Wildman–Crippen MR) is 77.3 cm³/mol. The van der Waals surface area contributed by atoms with Crippen molar-refractivity contribution in [3.8, 4) is 11.3 Å². The Hall–Kier alpha value is -2.35. The molecule has 0 unspecified atom stereocenters. The van der Waals surface area contributed by atoms with Crippen LogP contribution in [0, 0.1) is 0 Å². The SMILES string of the molecule is O=c1cc2n(c3ccccc13)CCc1ccccc1-2. The summed E-state index contributed by atoms with van der Waals surface area (Å²) in [5, 5.41) is 0.811. The Morgan fingerprint density at radius 2 is 1.74 bits per heavy atom. The first kappa shape index (κ1) is 10.6. The number of hydrogen-bond acceptors (Lipinski definition) is 1. The maximum Gasteiger partial charge on any atom is 0.190 e. The van der Waals surface area contributed by atoms with E-state index in [1.807, 2.05) is 30.3 Å². The molecule has 1 aliphatic heterocycles. The second kappa shape index (κ2) is 3.82. The molecule has 0 N–H and O–H groups in total. The number of aromatic nitrogens is 1. The number of nitrogens with zero attached hydrogens (tertiary/aromatic N) is 1. The third-order valence-electron chi connectivity index (χ3n) is 3.92. The van der Waals surface area contributed by atoms with Crippen LogP contribution in [-0.4, -0.2) is 4.57 Å². The summed E-state index contributed by atoms with van der Waals surface area (Å²) >= 11 is 0. The van der Waals surface area contributed by atoms with E-state index in [9.17, 15) is 4.79 Å². The molecule has 0 atom stereocenters. The molecule has 19 heavy (non-hydrogen) atoms. The topological polar surface area (TPSA) is 22.0 Å². The van der Waals surface area contributed by atoms with Gasteiger partial charge >= 0.3 is 0 Å². The third kappa shape index (κ3) is 1.46. The summed E-state index contributed by atoms with van der Waals surface area (Å²) in [6.45, 7) is 0.938. The van der Waals surface area contributed by atoms with Crippen LogP contribution in [0.3, 0.4) is 0 Å². The highest BCUT2D eigenvalue weighted by atomic mass is 16.1. The van der Waals surface area contributed by atoms with Gasteiger partial charge in [-0.25, -0.2) is 0 Å². The Bertz CT molecular complexity index is 845. The van der Waals surface area contributed by atoms with Crippen LogP contribution in [0.4, 0.5) is 0 Å². The van der Waals surface area contributed by atoms with Gasteiger partial charge in [0.1, 0.15) is 0 Å². The summed E-state index contributed by atoms with van der Waals surface area (Å²) in [6, 6.07) is 18.0. The monoisotopic (exact) mass is 247 g/mol. The van der Waals surface area contributed by atoms with Gasteiger partial charge in [-0.1, -0.05) is 36.4 Å². The van der Waals surface area contributed by atoms with E-state index >= 15 is 0 Å². The number of fused-ring (bicyclic) bond motifs is 5. The van der Waals surface area contributed by atoms with E-state index in [0.29, 0.717) is 0 Å². The van der Waals surface area contributed by atoms with Gasteiger partial charge in [0.15, 0.2) is 5.43 Å². The maximum atomic E-state index is 12.2. The lowest BCUT2D eigenvalue weighted by atomic mass is 9.96. The molecule has 0 amide bonds. The Balaban J connectivity index is 2.16. The van der Waals surface area contributed by atoms with E-state index in [2.05, 4.69) is 22.8 Å². The second-order valence-electron chi connectivity index (χ2n) is 4.97. The molecule has 4 rings (SSSR count). The zero-order chi connectivity index (χ0) is 12.8. The van der Waals surface area contributed by atoms with Crippen molar-refractivity contribution in [1.82, 2.24) is 4.57 Å². The van der Waals surface area contributed by atoms with Gasteiger partial charge in [0.25, 0.3) is 0 Å². The number of pyridine rings is 1. The number of benzene rings is 2. The minimum atomic E-state index is 0.110. The Morgan fingerprint density at radius 3 is 2.68 bits per heavy atom. The molecule has 1 aromatic heterocycles. The Kier molecular flexibility index (Phi) is 2.12. The molecule has 0 aliphatic carbocycles. The summed E-state index contributed by atoms with van der Waals surface area (Å²) in [5.41, 5.74) is 4.72. The molecule has 3 aromatic rings. The molecular formula is C17H13NO. The lowest BCUT2D eigenvalue weighted by Crippen LogP contribution is -2.17. The van der Waals surface area contributed by atoms with Crippen molar-refractivity contribution in [2.75, 3.05) is 0 Å².